The number of benzene rings is 3. The van der Waals surface area contributed by atoms with E-state index in [-0.39, 0.29) is 52.5 Å². The van der Waals surface area contributed by atoms with Crippen LogP contribution in [0.25, 0.3) is 16.9 Å². The first kappa shape index (κ1) is 38.2. The minimum absolute atomic E-state index is 0.0448. The quantitative estimate of drug-likeness (QED) is 0.171. The molecular weight excluding hydrogens is 790 g/mol. The molecule has 282 valence electrons. The van der Waals surface area contributed by atoms with Gasteiger partial charge in [-0.15, -0.1) is 0 Å². The summed E-state index contributed by atoms with van der Waals surface area (Å²) < 4.78 is 86.7. The lowest BCUT2D eigenvalue weighted by atomic mass is 10.0. The molecule has 0 aliphatic carbocycles. The monoisotopic (exact) mass is 818 g/mol. The maximum atomic E-state index is 14.2. The standard InChI is InChI=1S/C36H29BrF6N6O5/c1-20-17-48-29(18-47(20)33(52)21-8-13-27(37)26(15-21)35(38,39)40)31(32(51)44-16-22-5-2-3-6-25(22)28-7-4-14-45-46-28)49(34(48)53)23-9-11-24(12-10-23)54-19-30(50)36(41,42)43/h2-15,20,30,50H,16-19H2,1H3,(H,44,51)/t20-,30+/m0/s1. The number of hydrogen-bond donors (Lipinski definition) is 2. The molecule has 3 heterocycles. The zero-order valence-corrected chi connectivity index (χ0v) is 29.6. The summed E-state index contributed by atoms with van der Waals surface area (Å²) in [7, 11) is 0. The largest absolute Gasteiger partial charge is 0.491 e. The Morgan fingerprint density at radius 1 is 1.02 bits per heavy atom. The Kier molecular flexibility index (Phi) is 10.7. The van der Waals surface area contributed by atoms with Crippen LogP contribution in [0.2, 0.25) is 0 Å². The van der Waals surface area contributed by atoms with Crippen LogP contribution in [0.5, 0.6) is 5.75 Å². The van der Waals surface area contributed by atoms with Gasteiger partial charge in [0.15, 0.2) is 6.10 Å². The highest BCUT2D eigenvalue weighted by Crippen LogP contribution is 2.36. The molecule has 3 aromatic carbocycles. The molecule has 0 spiro atoms. The predicted molar refractivity (Wildman–Crippen MR) is 185 cm³/mol. The van der Waals surface area contributed by atoms with Gasteiger partial charge in [0.25, 0.3) is 11.8 Å². The number of aliphatic hydroxyl groups is 1. The number of hydrogen-bond acceptors (Lipinski definition) is 7. The van der Waals surface area contributed by atoms with Crippen LogP contribution in [0.4, 0.5) is 26.3 Å². The van der Waals surface area contributed by atoms with Gasteiger partial charge in [0.05, 0.1) is 29.2 Å². The highest BCUT2D eigenvalue weighted by Gasteiger charge is 2.39. The van der Waals surface area contributed by atoms with Crippen molar-refractivity contribution in [3.63, 3.8) is 0 Å². The number of aliphatic hydroxyl groups excluding tert-OH is 1. The van der Waals surface area contributed by atoms with Crippen molar-refractivity contribution in [1.82, 2.24) is 29.5 Å². The van der Waals surface area contributed by atoms with Crippen molar-refractivity contribution in [2.24, 2.45) is 0 Å². The molecule has 1 aliphatic heterocycles. The summed E-state index contributed by atoms with van der Waals surface area (Å²) in [6, 6.07) is 18.1. The summed E-state index contributed by atoms with van der Waals surface area (Å²) in [6.45, 7) is 0.0181. The van der Waals surface area contributed by atoms with Gasteiger partial charge >= 0.3 is 18.0 Å². The number of imidazole rings is 1. The van der Waals surface area contributed by atoms with Crippen molar-refractivity contribution in [2.45, 2.75) is 51.1 Å². The van der Waals surface area contributed by atoms with Crippen LogP contribution in [0, 0.1) is 0 Å². The molecule has 6 rings (SSSR count). The van der Waals surface area contributed by atoms with Crippen LogP contribution in [-0.4, -0.2) is 66.1 Å². The number of nitrogens with zero attached hydrogens (tertiary/aromatic N) is 5. The Hall–Kier alpha value is -5.49. The lowest BCUT2D eigenvalue weighted by Gasteiger charge is -2.34. The van der Waals surface area contributed by atoms with E-state index in [0.29, 0.717) is 16.8 Å². The van der Waals surface area contributed by atoms with Crippen molar-refractivity contribution in [3.05, 3.63) is 128 Å². The first-order valence-electron chi connectivity index (χ1n) is 16.2. The third-order valence-electron chi connectivity index (χ3n) is 8.72. The summed E-state index contributed by atoms with van der Waals surface area (Å²) in [5, 5.41) is 20.2. The van der Waals surface area contributed by atoms with E-state index in [0.717, 1.165) is 16.7 Å². The predicted octanol–water partition coefficient (Wildman–Crippen LogP) is 6.15. The van der Waals surface area contributed by atoms with Gasteiger partial charge in [-0.2, -0.15) is 36.5 Å². The van der Waals surface area contributed by atoms with E-state index in [9.17, 15) is 45.8 Å². The van der Waals surface area contributed by atoms with Gasteiger partial charge in [-0.05, 0) is 67.1 Å². The smallest absolute Gasteiger partial charge is 0.417 e. The lowest BCUT2D eigenvalue weighted by molar-refractivity contribution is -0.210. The second-order valence-electron chi connectivity index (χ2n) is 12.3. The van der Waals surface area contributed by atoms with Crippen molar-refractivity contribution in [3.8, 4) is 22.7 Å². The van der Waals surface area contributed by atoms with E-state index in [1.807, 2.05) is 0 Å². The van der Waals surface area contributed by atoms with Crippen molar-refractivity contribution in [1.29, 1.82) is 0 Å². The van der Waals surface area contributed by atoms with Crippen molar-refractivity contribution in [2.75, 3.05) is 6.61 Å². The van der Waals surface area contributed by atoms with Crippen molar-refractivity contribution >= 4 is 27.7 Å². The first-order valence-corrected chi connectivity index (χ1v) is 17.0. The van der Waals surface area contributed by atoms with Gasteiger partial charge in [0.2, 0.25) is 0 Å². The zero-order valence-electron chi connectivity index (χ0n) is 28.0. The van der Waals surface area contributed by atoms with Crippen LogP contribution < -0.4 is 15.7 Å². The fraction of sp³-hybridized carbons (Fsp3) is 0.250. The maximum absolute atomic E-state index is 14.2. The Balaban J connectivity index is 1.37. The first-order chi connectivity index (χ1) is 25.5. The molecule has 0 saturated carbocycles. The van der Waals surface area contributed by atoms with E-state index < -0.39 is 54.2 Å². The number of ether oxygens (including phenoxy) is 1. The molecule has 2 atom stereocenters. The number of alkyl halides is 6. The van der Waals surface area contributed by atoms with Crippen LogP contribution in [0.3, 0.4) is 0 Å². The normalized spacial score (nSPS) is 15.1. The minimum Gasteiger partial charge on any atom is -0.491 e. The average molecular weight is 820 g/mol. The van der Waals surface area contributed by atoms with Gasteiger partial charge in [0, 0.05) is 40.9 Å². The van der Waals surface area contributed by atoms with Crippen LogP contribution >= 0.6 is 15.9 Å². The lowest BCUT2D eigenvalue weighted by Crippen LogP contribution is -2.47. The number of halogens is 7. The van der Waals surface area contributed by atoms with E-state index in [1.54, 1.807) is 43.3 Å². The van der Waals surface area contributed by atoms with Crippen LogP contribution in [-0.2, 0) is 25.8 Å². The molecule has 18 heteroatoms. The summed E-state index contributed by atoms with van der Waals surface area (Å²) in [5.74, 6) is -1.57. The van der Waals surface area contributed by atoms with Gasteiger partial charge in [-0.3, -0.25) is 18.7 Å². The van der Waals surface area contributed by atoms with Gasteiger partial charge < -0.3 is 20.1 Å². The fourth-order valence-corrected chi connectivity index (χ4v) is 6.46. The number of carbonyl (C=O) groups excluding carboxylic acids is 2. The van der Waals surface area contributed by atoms with E-state index in [1.165, 1.54) is 46.0 Å². The number of rotatable bonds is 9. The van der Waals surface area contributed by atoms with E-state index >= 15 is 0 Å². The average Bonchev–Trinajstić information content (AvgIpc) is 3.42. The molecule has 2 N–H and O–H groups in total. The number of aromatic nitrogens is 4. The van der Waals surface area contributed by atoms with Crippen molar-refractivity contribution < 1.29 is 45.8 Å². The molecule has 5 aromatic rings. The Morgan fingerprint density at radius 3 is 2.41 bits per heavy atom. The molecule has 11 nitrogen and oxygen atoms in total. The molecule has 0 bridgehead atoms. The Bertz CT molecular complexity index is 2240. The molecular formula is C36H29BrF6N6O5. The molecule has 2 amide bonds. The topological polar surface area (TPSA) is 132 Å². The fourth-order valence-electron chi connectivity index (χ4n) is 5.99. The van der Waals surface area contributed by atoms with Gasteiger partial charge in [0.1, 0.15) is 18.1 Å². The molecule has 0 saturated heterocycles. The molecule has 0 unspecified atom stereocenters. The Morgan fingerprint density at radius 2 is 1.74 bits per heavy atom. The number of nitrogens with one attached hydrogen (secondary N) is 1. The summed E-state index contributed by atoms with van der Waals surface area (Å²) in [5.41, 5.74) is -0.113. The number of carbonyl (C=O) groups is 2. The van der Waals surface area contributed by atoms with E-state index in [4.69, 9.17) is 4.74 Å². The molecule has 0 radical (unpaired) electrons. The number of amides is 2. The highest BCUT2D eigenvalue weighted by atomic mass is 79.9. The molecule has 54 heavy (non-hydrogen) atoms. The van der Waals surface area contributed by atoms with E-state index in [2.05, 4.69) is 31.4 Å². The second-order valence-corrected chi connectivity index (χ2v) is 13.2. The minimum atomic E-state index is -4.90. The summed E-state index contributed by atoms with van der Waals surface area (Å²) in [6.07, 6.45) is -10.9. The highest BCUT2D eigenvalue weighted by molar-refractivity contribution is 9.10. The second kappa shape index (κ2) is 15.1. The third kappa shape index (κ3) is 7.89. The summed E-state index contributed by atoms with van der Waals surface area (Å²) in [4.78, 5) is 43.3. The third-order valence-corrected chi connectivity index (χ3v) is 9.42. The molecule has 0 fully saturated rings. The summed E-state index contributed by atoms with van der Waals surface area (Å²) >= 11 is 2.88. The molecule has 1 aliphatic rings. The maximum Gasteiger partial charge on any atom is 0.417 e. The number of fused-ring (bicyclic) bond motifs is 1. The van der Waals surface area contributed by atoms with Crippen LogP contribution in [0.1, 0.15) is 44.6 Å². The zero-order chi connectivity index (χ0) is 38.9. The molecule has 2 aromatic heterocycles. The SMILES string of the molecule is C[C@H]1Cn2c(c(C(=O)NCc3ccccc3-c3cccnn3)n(-c3ccc(OC[C@@H](O)C(F)(F)F)cc3)c2=O)CN1C(=O)c1ccc(Br)c(C(F)(F)F)c1. The van der Waals surface area contributed by atoms with Gasteiger partial charge in [-0.1, -0.05) is 40.2 Å². The Labute approximate surface area is 310 Å². The van der Waals surface area contributed by atoms with Gasteiger partial charge in [-0.25, -0.2) is 4.79 Å². The van der Waals surface area contributed by atoms with Crippen LogP contribution in [0.15, 0.2) is 94.3 Å².